The third kappa shape index (κ3) is 2.92. The van der Waals surface area contributed by atoms with Crippen LogP contribution in [0.4, 0.5) is 0 Å². The highest BCUT2D eigenvalue weighted by Gasteiger charge is 2.11. The molecule has 0 saturated heterocycles. The number of nitrogens with zero attached hydrogens (tertiary/aromatic N) is 1. The molecule has 2 heterocycles. The fourth-order valence-electron chi connectivity index (χ4n) is 1.35. The van der Waals surface area contributed by atoms with Gasteiger partial charge in [0, 0.05) is 6.20 Å². The lowest BCUT2D eigenvalue weighted by Gasteiger charge is -2.02. The molecule has 0 unspecified atom stereocenters. The lowest BCUT2D eigenvalue weighted by Crippen LogP contribution is -2.22. The van der Waals surface area contributed by atoms with Gasteiger partial charge in [0.05, 0.1) is 22.0 Å². The van der Waals surface area contributed by atoms with Gasteiger partial charge in [0.1, 0.15) is 0 Å². The van der Waals surface area contributed by atoms with Gasteiger partial charge in [-0.1, -0.05) is 6.07 Å². The fourth-order valence-corrected chi connectivity index (χ4v) is 2.13. The van der Waals surface area contributed by atoms with Crippen LogP contribution in [0.3, 0.4) is 0 Å². The van der Waals surface area contributed by atoms with Crippen LogP contribution in [0, 0.1) is 0 Å². The third-order valence-electron chi connectivity index (χ3n) is 2.23. The Balaban J connectivity index is 1.97. The molecule has 6 heteroatoms. The van der Waals surface area contributed by atoms with E-state index in [0.717, 1.165) is 17.0 Å². The number of hydrogen-bond donors (Lipinski definition) is 2. The van der Waals surface area contributed by atoms with Crippen molar-refractivity contribution in [3.05, 3.63) is 52.0 Å². The highest BCUT2D eigenvalue weighted by molar-refractivity contribution is 7.15. The molecule has 0 fully saturated rings. The van der Waals surface area contributed by atoms with E-state index in [1.807, 2.05) is 18.2 Å². The summed E-state index contributed by atoms with van der Waals surface area (Å²) < 4.78 is 0. The summed E-state index contributed by atoms with van der Waals surface area (Å²) in [6.45, 7) is 0.351. The summed E-state index contributed by atoms with van der Waals surface area (Å²) in [4.78, 5) is 27.6. The first-order chi connectivity index (χ1) is 8.66. The van der Waals surface area contributed by atoms with Gasteiger partial charge in [0.2, 0.25) is 0 Å². The molecular formula is C12H11N3O2S. The highest BCUT2D eigenvalue weighted by Crippen LogP contribution is 2.15. The number of carbonyl (C=O) groups is 2. The van der Waals surface area contributed by atoms with Gasteiger partial charge in [0.15, 0.2) is 0 Å². The first-order valence-electron chi connectivity index (χ1n) is 5.24. The van der Waals surface area contributed by atoms with Gasteiger partial charge in [-0.3, -0.25) is 14.6 Å². The predicted molar refractivity (Wildman–Crippen MR) is 68.2 cm³/mol. The minimum absolute atomic E-state index is 0.238. The van der Waals surface area contributed by atoms with Gasteiger partial charge in [0.25, 0.3) is 11.8 Å². The van der Waals surface area contributed by atoms with Gasteiger partial charge in [-0.05, 0) is 24.3 Å². The molecule has 2 rings (SSSR count). The molecule has 0 radical (unpaired) electrons. The minimum Gasteiger partial charge on any atom is -0.365 e. The summed E-state index contributed by atoms with van der Waals surface area (Å²) in [5, 5.41) is 2.72. The van der Waals surface area contributed by atoms with E-state index in [-0.39, 0.29) is 5.91 Å². The summed E-state index contributed by atoms with van der Waals surface area (Å²) in [5.41, 5.74) is 5.90. The largest absolute Gasteiger partial charge is 0.365 e. The number of thiophene rings is 1. The van der Waals surface area contributed by atoms with Crippen LogP contribution in [0.5, 0.6) is 0 Å². The Kier molecular flexibility index (Phi) is 3.69. The van der Waals surface area contributed by atoms with Crippen molar-refractivity contribution in [2.75, 3.05) is 0 Å². The van der Waals surface area contributed by atoms with Crippen molar-refractivity contribution in [1.29, 1.82) is 0 Å². The molecule has 0 bridgehead atoms. The Morgan fingerprint density at radius 3 is 2.61 bits per heavy atom. The summed E-state index contributed by atoms with van der Waals surface area (Å²) >= 11 is 1.08. The van der Waals surface area contributed by atoms with Crippen molar-refractivity contribution < 1.29 is 9.59 Å². The number of rotatable bonds is 4. The molecule has 0 aliphatic carbocycles. The van der Waals surface area contributed by atoms with Crippen LogP contribution in [-0.2, 0) is 6.54 Å². The van der Waals surface area contributed by atoms with Crippen molar-refractivity contribution in [2.24, 2.45) is 5.73 Å². The lowest BCUT2D eigenvalue weighted by molar-refractivity contribution is 0.0953. The second kappa shape index (κ2) is 5.42. The number of aromatic nitrogens is 1. The Morgan fingerprint density at radius 2 is 2.00 bits per heavy atom. The van der Waals surface area contributed by atoms with Crippen LogP contribution in [0.1, 0.15) is 25.0 Å². The van der Waals surface area contributed by atoms with E-state index in [4.69, 9.17) is 5.73 Å². The fraction of sp³-hybridized carbons (Fsp3) is 0.0833. The molecule has 0 spiro atoms. The molecule has 0 aliphatic heterocycles. The van der Waals surface area contributed by atoms with Crippen LogP contribution >= 0.6 is 11.3 Å². The van der Waals surface area contributed by atoms with E-state index in [0.29, 0.717) is 16.3 Å². The maximum Gasteiger partial charge on any atom is 0.261 e. The van der Waals surface area contributed by atoms with E-state index < -0.39 is 5.91 Å². The van der Waals surface area contributed by atoms with Crippen molar-refractivity contribution in [1.82, 2.24) is 10.3 Å². The Bertz CT molecular complexity index is 566. The number of nitrogens with one attached hydrogen (secondary N) is 1. The quantitative estimate of drug-likeness (QED) is 0.866. The first-order valence-corrected chi connectivity index (χ1v) is 6.06. The SMILES string of the molecule is NC(=O)c1ccc(C(=O)NCc2ccccn2)s1. The molecule has 92 valence electrons. The van der Waals surface area contributed by atoms with E-state index in [1.165, 1.54) is 0 Å². The van der Waals surface area contributed by atoms with E-state index in [1.54, 1.807) is 18.3 Å². The molecular weight excluding hydrogens is 250 g/mol. The molecule has 0 aliphatic rings. The molecule has 18 heavy (non-hydrogen) atoms. The monoisotopic (exact) mass is 261 g/mol. The maximum absolute atomic E-state index is 11.8. The van der Waals surface area contributed by atoms with Crippen LogP contribution in [0.2, 0.25) is 0 Å². The molecule has 2 amide bonds. The normalized spacial score (nSPS) is 10.0. The van der Waals surface area contributed by atoms with Gasteiger partial charge in [-0.15, -0.1) is 11.3 Å². The van der Waals surface area contributed by atoms with Crippen molar-refractivity contribution >= 4 is 23.2 Å². The summed E-state index contributed by atoms with van der Waals surface area (Å²) in [5.74, 6) is -0.762. The molecule has 0 atom stereocenters. The molecule has 5 nitrogen and oxygen atoms in total. The average molecular weight is 261 g/mol. The zero-order chi connectivity index (χ0) is 13.0. The summed E-state index contributed by atoms with van der Waals surface area (Å²) in [7, 11) is 0. The molecule has 0 aromatic carbocycles. The zero-order valence-electron chi connectivity index (χ0n) is 9.42. The standard InChI is InChI=1S/C12H11N3O2S/c13-11(16)9-4-5-10(18-9)12(17)15-7-8-3-1-2-6-14-8/h1-6H,7H2,(H2,13,16)(H,15,17). The minimum atomic E-state index is -0.524. The highest BCUT2D eigenvalue weighted by atomic mass is 32.1. The Hall–Kier alpha value is -2.21. The number of pyridine rings is 1. The number of nitrogens with two attached hydrogens (primary N) is 1. The van der Waals surface area contributed by atoms with Crippen LogP contribution < -0.4 is 11.1 Å². The van der Waals surface area contributed by atoms with Crippen LogP contribution in [0.25, 0.3) is 0 Å². The smallest absolute Gasteiger partial charge is 0.261 e. The number of hydrogen-bond acceptors (Lipinski definition) is 4. The third-order valence-corrected chi connectivity index (χ3v) is 3.33. The second-order valence-corrected chi connectivity index (χ2v) is 4.62. The van der Waals surface area contributed by atoms with Gasteiger partial charge in [-0.2, -0.15) is 0 Å². The molecule has 2 aromatic heterocycles. The lowest BCUT2D eigenvalue weighted by atomic mass is 10.3. The second-order valence-electron chi connectivity index (χ2n) is 3.53. The molecule has 0 saturated carbocycles. The average Bonchev–Trinajstić information content (AvgIpc) is 2.87. The topological polar surface area (TPSA) is 85.1 Å². The predicted octanol–water partition coefficient (Wildman–Crippen LogP) is 1.17. The summed E-state index contributed by atoms with van der Waals surface area (Å²) in [6.07, 6.45) is 1.66. The van der Waals surface area contributed by atoms with Crippen molar-refractivity contribution in [2.45, 2.75) is 6.54 Å². The zero-order valence-corrected chi connectivity index (χ0v) is 10.2. The molecule has 2 aromatic rings. The number of primary amides is 1. The van der Waals surface area contributed by atoms with Crippen LogP contribution in [-0.4, -0.2) is 16.8 Å². The molecule has 3 N–H and O–H groups in total. The Labute approximate surface area is 108 Å². The van der Waals surface area contributed by atoms with Gasteiger partial charge in [-0.25, -0.2) is 0 Å². The number of amides is 2. The van der Waals surface area contributed by atoms with E-state index in [2.05, 4.69) is 10.3 Å². The van der Waals surface area contributed by atoms with Gasteiger partial charge < -0.3 is 11.1 Å². The van der Waals surface area contributed by atoms with E-state index >= 15 is 0 Å². The van der Waals surface area contributed by atoms with Crippen LogP contribution in [0.15, 0.2) is 36.5 Å². The van der Waals surface area contributed by atoms with Gasteiger partial charge >= 0.3 is 0 Å². The van der Waals surface area contributed by atoms with Crippen molar-refractivity contribution in [3.8, 4) is 0 Å². The summed E-state index contributed by atoms with van der Waals surface area (Å²) in [6, 6.07) is 8.61. The number of carbonyl (C=O) groups excluding carboxylic acids is 2. The maximum atomic E-state index is 11.8. The first kappa shape index (κ1) is 12.3. The van der Waals surface area contributed by atoms with E-state index in [9.17, 15) is 9.59 Å². The Morgan fingerprint density at radius 1 is 1.22 bits per heavy atom. The van der Waals surface area contributed by atoms with Crippen molar-refractivity contribution in [3.63, 3.8) is 0 Å².